The van der Waals surface area contributed by atoms with Crippen molar-refractivity contribution in [2.75, 3.05) is 6.54 Å². The van der Waals surface area contributed by atoms with Crippen molar-refractivity contribution in [3.63, 3.8) is 0 Å². The Morgan fingerprint density at radius 2 is 1.76 bits per heavy atom. The Balaban J connectivity index is 2.23. The molecule has 0 fully saturated rings. The average Bonchev–Trinajstić information content (AvgIpc) is 2.45. The van der Waals surface area contributed by atoms with Gasteiger partial charge in [-0.1, -0.05) is 58.0 Å². The van der Waals surface area contributed by atoms with Crippen LogP contribution >= 0.6 is 0 Å². The first-order valence-corrected chi connectivity index (χ1v) is 7.57. The lowest BCUT2D eigenvalue weighted by Gasteiger charge is -2.22. The molecule has 2 heteroatoms. The second kappa shape index (κ2) is 6.77. The normalized spacial score (nSPS) is 11.4. The zero-order valence-corrected chi connectivity index (χ0v) is 13.4. The molecule has 1 N–H and O–H groups in total. The lowest BCUT2D eigenvalue weighted by atomic mass is 9.86. The summed E-state index contributed by atoms with van der Waals surface area (Å²) < 4.78 is 6.13. The van der Waals surface area contributed by atoms with Crippen molar-refractivity contribution in [1.29, 1.82) is 0 Å². The molecule has 0 amide bonds. The van der Waals surface area contributed by atoms with Gasteiger partial charge in [-0.3, -0.25) is 0 Å². The molecular formula is C19H25NO. The van der Waals surface area contributed by atoms with Gasteiger partial charge in [0.05, 0.1) is 0 Å². The Morgan fingerprint density at radius 1 is 1.00 bits per heavy atom. The lowest BCUT2D eigenvalue weighted by molar-refractivity contribution is 0.454. The van der Waals surface area contributed by atoms with Crippen LogP contribution in [0.1, 0.15) is 38.8 Å². The molecule has 0 bridgehead atoms. The predicted octanol–water partition coefficient (Wildman–Crippen LogP) is 4.89. The van der Waals surface area contributed by atoms with Gasteiger partial charge in [-0.25, -0.2) is 0 Å². The van der Waals surface area contributed by atoms with E-state index in [-0.39, 0.29) is 5.41 Å². The molecule has 0 aliphatic rings. The SMILES string of the molecule is CCNCc1cccc(Oc2ccccc2C(C)(C)C)c1. The van der Waals surface area contributed by atoms with Gasteiger partial charge in [-0.05, 0) is 35.7 Å². The molecule has 0 aliphatic heterocycles. The summed E-state index contributed by atoms with van der Waals surface area (Å²) in [4.78, 5) is 0. The van der Waals surface area contributed by atoms with Crippen LogP contribution in [-0.4, -0.2) is 6.54 Å². The van der Waals surface area contributed by atoms with Crippen LogP contribution in [0.25, 0.3) is 0 Å². The monoisotopic (exact) mass is 283 g/mol. The maximum Gasteiger partial charge on any atom is 0.131 e. The summed E-state index contributed by atoms with van der Waals surface area (Å²) in [6.07, 6.45) is 0. The van der Waals surface area contributed by atoms with E-state index in [9.17, 15) is 0 Å². The van der Waals surface area contributed by atoms with Crippen LogP contribution < -0.4 is 10.1 Å². The molecule has 2 aromatic rings. The van der Waals surface area contributed by atoms with E-state index in [1.54, 1.807) is 0 Å². The van der Waals surface area contributed by atoms with E-state index in [4.69, 9.17) is 4.74 Å². The maximum atomic E-state index is 6.13. The highest BCUT2D eigenvalue weighted by Gasteiger charge is 2.18. The van der Waals surface area contributed by atoms with Crippen molar-refractivity contribution in [3.8, 4) is 11.5 Å². The topological polar surface area (TPSA) is 21.3 Å². The van der Waals surface area contributed by atoms with Gasteiger partial charge in [-0.15, -0.1) is 0 Å². The first kappa shape index (κ1) is 15.6. The van der Waals surface area contributed by atoms with Gasteiger partial charge < -0.3 is 10.1 Å². The number of hydrogen-bond donors (Lipinski definition) is 1. The Hall–Kier alpha value is -1.80. The molecule has 2 nitrogen and oxygen atoms in total. The fourth-order valence-electron chi connectivity index (χ4n) is 2.29. The van der Waals surface area contributed by atoms with E-state index >= 15 is 0 Å². The minimum Gasteiger partial charge on any atom is -0.457 e. The minimum atomic E-state index is 0.0674. The van der Waals surface area contributed by atoms with Gasteiger partial charge in [0.25, 0.3) is 0 Å². The van der Waals surface area contributed by atoms with E-state index < -0.39 is 0 Å². The van der Waals surface area contributed by atoms with Crippen LogP contribution in [0.3, 0.4) is 0 Å². The number of nitrogens with one attached hydrogen (secondary N) is 1. The molecule has 0 radical (unpaired) electrons. The summed E-state index contributed by atoms with van der Waals surface area (Å²) in [5.41, 5.74) is 2.53. The van der Waals surface area contributed by atoms with Crippen LogP contribution in [-0.2, 0) is 12.0 Å². The number of para-hydroxylation sites is 1. The number of hydrogen-bond acceptors (Lipinski definition) is 2. The summed E-state index contributed by atoms with van der Waals surface area (Å²) >= 11 is 0. The highest BCUT2D eigenvalue weighted by molar-refractivity contribution is 5.42. The Morgan fingerprint density at radius 3 is 2.48 bits per heavy atom. The van der Waals surface area contributed by atoms with Crippen molar-refractivity contribution in [2.24, 2.45) is 0 Å². The summed E-state index contributed by atoms with van der Waals surface area (Å²) in [6, 6.07) is 16.5. The zero-order valence-electron chi connectivity index (χ0n) is 13.4. The molecular weight excluding hydrogens is 258 g/mol. The quantitative estimate of drug-likeness (QED) is 0.844. The third-order valence-electron chi connectivity index (χ3n) is 3.40. The van der Waals surface area contributed by atoms with Gasteiger partial charge in [0.1, 0.15) is 11.5 Å². The van der Waals surface area contributed by atoms with Crippen molar-refractivity contribution in [3.05, 3.63) is 59.7 Å². The molecule has 21 heavy (non-hydrogen) atoms. The Kier molecular flexibility index (Phi) is 5.03. The largest absolute Gasteiger partial charge is 0.457 e. The number of benzene rings is 2. The van der Waals surface area contributed by atoms with E-state index in [0.29, 0.717) is 0 Å². The van der Waals surface area contributed by atoms with Crippen LogP contribution in [0, 0.1) is 0 Å². The van der Waals surface area contributed by atoms with E-state index in [2.05, 4.69) is 57.3 Å². The Labute approximate surface area is 128 Å². The fraction of sp³-hybridized carbons (Fsp3) is 0.368. The van der Waals surface area contributed by atoms with Crippen LogP contribution in [0.5, 0.6) is 11.5 Å². The fourth-order valence-corrected chi connectivity index (χ4v) is 2.29. The van der Waals surface area contributed by atoms with Gasteiger partial charge in [0, 0.05) is 12.1 Å². The molecule has 0 saturated heterocycles. The second-order valence-electron chi connectivity index (χ2n) is 6.28. The van der Waals surface area contributed by atoms with Gasteiger partial charge in [0.2, 0.25) is 0 Å². The third-order valence-corrected chi connectivity index (χ3v) is 3.40. The molecule has 0 saturated carbocycles. The Bertz CT molecular complexity index is 584. The highest BCUT2D eigenvalue weighted by Crippen LogP contribution is 2.34. The van der Waals surface area contributed by atoms with Crippen LogP contribution in [0.15, 0.2) is 48.5 Å². The maximum absolute atomic E-state index is 6.13. The van der Waals surface area contributed by atoms with E-state index in [0.717, 1.165) is 24.6 Å². The highest BCUT2D eigenvalue weighted by atomic mass is 16.5. The molecule has 0 aliphatic carbocycles. The van der Waals surface area contributed by atoms with Crippen LogP contribution in [0.4, 0.5) is 0 Å². The van der Waals surface area contributed by atoms with E-state index in [1.165, 1.54) is 11.1 Å². The third kappa shape index (κ3) is 4.33. The molecule has 0 spiro atoms. The summed E-state index contributed by atoms with van der Waals surface area (Å²) in [5, 5.41) is 3.34. The molecule has 0 unspecified atom stereocenters. The summed E-state index contributed by atoms with van der Waals surface area (Å²) in [6.45, 7) is 10.6. The summed E-state index contributed by atoms with van der Waals surface area (Å²) in [5.74, 6) is 1.83. The number of rotatable bonds is 5. The lowest BCUT2D eigenvalue weighted by Crippen LogP contribution is -2.12. The predicted molar refractivity (Wildman–Crippen MR) is 89.0 cm³/mol. The molecule has 2 aromatic carbocycles. The van der Waals surface area contributed by atoms with Crippen molar-refractivity contribution in [2.45, 2.75) is 39.7 Å². The van der Waals surface area contributed by atoms with Crippen LogP contribution in [0.2, 0.25) is 0 Å². The zero-order chi connectivity index (χ0) is 15.3. The van der Waals surface area contributed by atoms with Gasteiger partial charge in [0.15, 0.2) is 0 Å². The molecule has 112 valence electrons. The van der Waals surface area contributed by atoms with E-state index in [1.807, 2.05) is 24.3 Å². The number of ether oxygens (including phenoxy) is 1. The van der Waals surface area contributed by atoms with Gasteiger partial charge in [-0.2, -0.15) is 0 Å². The standard InChI is InChI=1S/C19H25NO/c1-5-20-14-15-9-8-10-16(13-15)21-18-12-7-6-11-17(18)19(2,3)4/h6-13,20H,5,14H2,1-4H3. The average molecular weight is 283 g/mol. The smallest absolute Gasteiger partial charge is 0.131 e. The second-order valence-corrected chi connectivity index (χ2v) is 6.28. The minimum absolute atomic E-state index is 0.0674. The summed E-state index contributed by atoms with van der Waals surface area (Å²) in [7, 11) is 0. The molecule has 0 atom stereocenters. The first-order chi connectivity index (χ1) is 10.0. The van der Waals surface area contributed by atoms with Crippen molar-refractivity contribution in [1.82, 2.24) is 5.32 Å². The molecule has 2 rings (SSSR count). The van der Waals surface area contributed by atoms with Crippen molar-refractivity contribution < 1.29 is 4.74 Å². The first-order valence-electron chi connectivity index (χ1n) is 7.57. The van der Waals surface area contributed by atoms with Crippen molar-refractivity contribution >= 4 is 0 Å². The molecule has 0 aromatic heterocycles. The molecule has 0 heterocycles. The van der Waals surface area contributed by atoms with Gasteiger partial charge >= 0.3 is 0 Å².